The molecule has 2 aromatic rings. The van der Waals surface area contributed by atoms with Gasteiger partial charge in [0, 0.05) is 26.3 Å². The lowest BCUT2D eigenvalue weighted by molar-refractivity contribution is -0.158. The first-order valence-electron chi connectivity index (χ1n) is 9.73. The molecular formula is C20H22F3N3O3. The number of ether oxygens (including phenoxy) is 1. The minimum absolute atomic E-state index is 0.00717. The predicted octanol–water partition coefficient (Wildman–Crippen LogP) is 3.54. The molecule has 0 saturated carbocycles. The maximum absolute atomic E-state index is 13.6. The van der Waals surface area contributed by atoms with Crippen molar-refractivity contribution in [2.75, 3.05) is 26.3 Å². The average molecular weight is 409 g/mol. The Kier molecular flexibility index (Phi) is 5.33. The van der Waals surface area contributed by atoms with Gasteiger partial charge in [-0.15, -0.1) is 10.2 Å². The zero-order valence-electron chi connectivity index (χ0n) is 15.8. The third kappa shape index (κ3) is 3.88. The summed E-state index contributed by atoms with van der Waals surface area (Å²) in [7, 11) is 0. The lowest BCUT2D eigenvalue weighted by atomic mass is 9.72. The number of alkyl halides is 3. The van der Waals surface area contributed by atoms with E-state index >= 15 is 0 Å². The SMILES string of the molecule is O=C(N1CCCC(c2nnc(C(F)(F)F)o2)C1)C1(c2ccccc2)CCOCC1. The van der Waals surface area contributed by atoms with Crippen LogP contribution in [0.15, 0.2) is 34.7 Å². The molecule has 0 spiro atoms. The van der Waals surface area contributed by atoms with E-state index in [9.17, 15) is 18.0 Å². The van der Waals surface area contributed by atoms with E-state index in [-0.39, 0.29) is 18.3 Å². The molecule has 2 saturated heterocycles. The van der Waals surface area contributed by atoms with Crippen LogP contribution in [0.3, 0.4) is 0 Å². The van der Waals surface area contributed by atoms with E-state index in [4.69, 9.17) is 9.15 Å². The van der Waals surface area contributed by atoms with Crippen LogP contribution in [0.1, 0.15) is 48.9 Å². The van der Waals surface area contributed by atoms with Crippen molar-refractivity contribution < 1.29 is 27.1 Å². The summed E-state index contributed by atoms with van der Waals surface area (Å²) in [6.45, 7) is 1.83. The molecule has 6 nitrogen and oxygen atoms in total. The molecular weight excluding hydrogens is 387 g/mol. The van der Waals surface area contributed by atoms with Gasteiger partial charge in [0.15, 0.2) is 0 Å². The lowest BCUT2D eigenvalue weighted by Gasteiger charge is -2.42. The normalized spacial score (nSPS) is 22.4. The second kappa shape index (κ2) is 7.78. The molecule has 1 unspecified atom stereocenters. The molecule has 3 heterocycles. The summed E-state index contributed by atoms with van der Waals surface area (Å²) in [5.74, 6) is -1.81. The molecule has 2 aliphatic heterocycles. The molecule has 0 aliphatic carbocycles. The van der Waals surface area contributed by atoms with Crippen molar-refractivity contribution in [2.24, 2.45) is 0 Å². The number of piperidine rings is 1. The Morgan fingerprint density at radius 1 is 1.14 bits per heavy atom. The Morgan fingerprint density at radius 3 is 2.52 bits per heavy atom. The molecule has 0 N–H and O–H groups in total. The van der Waals surface area contributed by atoms with E-state index in [2.05, 4.69) is 10.2 Å². The summed E-state index contributed by atoms with van der Waals surface area (Å²) < 4.78 is 48.7. The first kappa shape index (κ1) is 19.9. The van der Waals surface area contributed by atoms with Crippen molar-refractivity contribution in [1.29, 1.82) is 0 Å². The molecule has 1 amide bonds. The van der Waals surface area contributed by atoms with Crippen molar-refractivity contribution in [3.8, 4) is 0 Å². The van der Waals surface area contributed by atoms with Gasteiger partial charge >= 0.3 is 12.1 Å². The van der Waals surface area contributed by atoms with Gasteiger partial charge in [0.2, 0.25) is 11.8 Å². The average Bonchev–Trinajstić information content (AvgIpc) is 3.25. The number of benzene rings is 1. The molecule has 156 valence electrons. The van der Waals surface area contributed by atoms with Gasteiger partial charge < -0.3 is 14.1 Å². The smallest absolute Gasteiger partial charge is 0.417 e. The largest absolute Gasteiger partial charge is 0.470 e. The van der Waals surface area contributed by atoms with Crippen LogP contribution in [0, 0.1) is 0 Å². The summed E-state index contributed by atoms with van der Waals surface area (Å²) >= 11 is 0. The monoisotopic (exact) mass is 409 g/mol. The third-order valence-corrected chi connectivity index (χ3v) is 5.82. The number of nitrogens with zero attached hydrogens (tertiary/aromatic N) is 3. The minimum Gasteiger partial charge on any atom is -0.417 e. The van der Waals surface area contributed by atoms with E-state index in [1.165, 1.54) is 0 Å². The maximum Gasteiger partial charge on any atom is 0.470 e. The van der Waals surface area contributed by atoms with Gasteiger partial charge in [-0.2, -0.15) is 13.2 Å². The van der Waals surface area contributed by atoms with Gasteiger partial charge in [-0.1, -0.05) is 30.3 Å². The van der Waals surface area contributed by atoms with Crippen LogP contribution < -0.4 is 0 Å². The first-order chi connectivity index (χ1) is 13.9. The predicted molar refractivity (Wildman–Crippen MR) is 96.0 cm³/mol. The van der Waals surface area contributed by atoms with Crippen molar-refractivity contribution >= 4 is 5.91 Å². The summed E-state index contributed by atoms with van der Waals surface area (Å²) in [5, 5.41) is 6.72. The van der Waals surface area contributed by atoms with Crippen molar-refractivity contribution in [3.63, 3.8) is 0 Å². The molecule has 29 heavy (non-hydrogen) atoms. The molecule has 1 atom stereocenters. The molecule has 9 heteroatoms. The number of hydrogen-bond acceptors (Lipinski definition) is 5. The Balaban J connectivity index is 1.56. The Hall–Kier alpha value is -2.42. The van der Waals surface area contributed by atoms with Gasteiger partial charge in [-0.3, -0.25) is 4.79 Å². The van der Waals surface area contributed by atoms with Crippen molar-refractivity contribution in [3.05, 3.63) is 47.7 Å². The molecule has 4 rings (SSSR count). The number of halogens is 3. The molecule has 1 aromatic heterocycles. The summed E-state index contributed by atoms with van der Waals surface area (Å²) in [6, 6.07) is 9.65. The quantitative estimate of drug-likeness (QED) is 0.776. The highest BCUT2D eigenvalue weighted by Gasteiger charge is 2.45. The van der Waals surface area contributed by atoms with Gasteiger partial charge in [-0.05, 0) is 31.2 Å². The second-order valence-electron chi connectivity index (χ2n) is 7.59. The minimum atomic E-state index is -4.67. The standard InChI is InChI=1S/C20H22F3N3O3/c21-20(22,23)17-25-24-16(29-17)14-5-4-10-26(13-14)18(27)19(8-11-28-12-9-19)15-6-2-1-3-7-15/h1-3,6-7,14H,4-5,8-13H2. The number of likely N-dealkylation sites (tertiary alicyclic amines) is 1. The molecule has 2 fully saturated rings. The van der Waals surface area contributed by atoms with Crippen LogP contribution in [0.25, 0.3) is 0 Å². The first-order valence-corrected chi connectivity index (χ1v) is 9.73. The highest BCUT2D eigenvalue weighted by Crippen LogP contribution is 2.39. The number of amides is 1. The van der Waals surface area contributed by atoms with Crippen LogP contribution in [0.2, 0.25) is 0 Å². The molecule has 0 radical (unpaired) electrons. The van der Waals surface area contributed by atoms with Crippen molar-refractivity contribution in [2.45, 2.75) is 43.2 Å². The maximum atomic E-state index is 13.6. The fraction of sp³-hybridized carbons (Fsp3) is 0.550. The highest BCUT2D eigenvalue weighted by atomic mass is 19.4. The van der Waals surface area contributed by atoms with Gasteiger partial charge in [0.25, 0.3) is 0 Å². The van der Waals surface area contributed by atoms with E-state index in [0.717, 1.165) is 5.56 Å². The van der Waals surface area contributed by atoms with E-state index in [0.29, 0.717) is 45.4 Å². The zero-order chi connectivity index (χ0) is 20.5. The number of carbonyl (C=O) groups excluding carboxylic acids is 1. The second-order valence-corrected chi connectivity index (χ2v) is 7.59. The fourth-order valence-electron chi connectivity index (χ4n) is 4.28. The number of hydrogen-bond donors (Lipinski definition) is 0. The highest BCUT2D eigenvalue weighted by molar-refractivity contribution is 5.88. The summed E-state index contributed by atoms with van der Waals surface area (Å²) in [6.07, 6.45) is -2.24. The Bertz CT molecular complexity index is 847. The molecule has 2 aliphatic rings. The fourth-order valence-corrected chi connectivity index (χ4v) is 4.28. The van der Waals surface area contributed by atoms with Crippen molar-refractivity contribution in [1.82, 2.24) is 15.1 Å². The summed E-state index contributed by atoms with van der Waals surface area (Å²) in [4.78, 5) is 15.4. The lowest BCUT2D eigenvalue weighted by Crippen LogP contribution is -2.52. The van der Waals surface area contributed by atoms with E-state index < -0.39 is 23.4 Å². The third-order valence-electron chi connectivity index (χ3n) is 5.82. The van der Waals surface area contributed by atoms with E-state index in [1.54, 1.807) is 4.90 Å². The topological polar surface area (TPSA) is 68.5 Å². The van der Waals surface area contributed by atoms with Crippen LogP contribution in [0.4, 0.5) is 13.2 Å². The number of aromatic nitrogens is 2. The Morgan fingerprint density at radius 2 is 1.86 bits per heavy atom. The van der Waals surface area contributed by atoms with Gasteiger partial charge in [0.05, 0.1) is 11.3 Å². The number of rotatable bonds is 3. The number of carbonyl (C=O) groups is 1. The zero-order valence-corrected chi connectivity index (χ0v) is 15.8. The molecule has 0 bridgehead atoms. The van der Waals surface area contributed by atoms with Gasteiger partial charge in [0.1, 0.15) is 0 Å². The van der Waals surface area contributed by atoms with Gasteiger partial charge in [-0.25, -0.2) is 0 Å². The van der Waals surface area contributed by atoms with Crippen LogP contribution in [0.5, 0.6) is 0 Å². The van der Waals surface area contributed by atoms with E-state index in [1.807, 2.05) is 30.3 Å². The van der Waals surface area contributed by atoms with Crippen LogP contribution >= 0.6 is 0 Å². The Labute approximate surface area is 166 Å². The van der Waals surface area contributed by atoms with Crippen LogP contribution in [-0.2, 0) is 21.1 Å². The molecule has 1 aromatic carbocycles. The van der Waals surface area contributed by atoms with Crippen LogP contribution in [-0.4, -0.2) is 47.3 Å². The summed E-state index contributed by atoms with van der Waals surface area (Å²) in [5.41, 5.74) is 0.278.